The van der Waals surface area contributed by atoms with Gasteiger partial charge in [-0.15, -0.1) is 0 Å². The third kappa shape index (κ3) is 4.42. The lowest BCUT2D eigenvalue weighted by Crippen LogP contribution is -2.35. The van der Waals surface area contributed by atoms with E-state index in [1.807, 2.05) is 6.92 Å². The fourth-order valence-electron chi connectivity index (χ4n) is 1.78. The van der Waals surface area contributed by atoms with Crippen LogP contribution in [0.2, 0.25) is 5.15 Å². The van der Waals surface area contributed by atoms with Crippen LogP contribution in [-0.4, -0.2) is 48.6 Å². The molecule has 0 aliphatic heterocycles. The van der Waals surface area contributed by atoms with Gasteiger partial charge in [0.15, 0.2) is 0 Å². The molecule has 1 aromatic rings. The number of nitrogens with zero attached hydrogens (tertiary/aromatic N) is 4. The standard InChI is InChI=1S/C13H23ClN4/c1-10(2)8-18(7-6-17(4)5)13-11(3)12(14)15-9-16-13/h9-10H,6-8H2,1-5H3. The highest BCUT2D eigenvalue weighted by molar-refractivity contribution is 6.30. The number of likely N-dealkylation sites (N-methyl/N-ethyl adjacent to an activating group) is 1. The van der Waals surface area contributed by atoms with Crippen molar-refractivity contribution in [3.8, 4) is 0 Å². The summed E-state index contributed by atoms with van der Waals surface area (Å²) in [5.74, 6) is 1.53. The number of hydrogen-bond acceptors (Lipinski definition) is 4. The van der Waals surface area contributed by atoms with Gasteiger partial charge in [-0.1, -0.05) is 25.4 Å². The van der Waals surface area contributed by atoms with E-state index in [9.17, 15) is 0 Å². The summed E-state index contributed by atoms with van der Waals surface area (Å²) in [4.78, 5) is 12.9. The van der Waals surface area contributed by atoms with Crippen LogP contribution in [0, 0.1) is 12.8 Å². The summed E-state index contributed by atoms with van der Waals surface area (Å²) in [6.45, 7) is 9.30. The quantitative estimate of drug-likeness (QED) is 0.744. The number of hydrogen-bond donors (Lipinski definition) is 0. The van der Waals surface area contributed by atoms with Crippen molar-refractivity contribution in [1.29, 1.82) is 0 Å². The first-order valence-corrected chi connectivity index (χ1v) is 6.66. The molecular weight excluding hydrogens is 248 g/mol. The zero-order valence-corrected chi connectivity index (χ0v) is 12.7. The van der Waals surface area contributed by atoms with Gasteiger partial charge in [0, 0.05) is 25.2 Å². The lowest BCUT2D eigenvalue weighted by molar-refractivity contribution is 0.408. The first-order chi connectivity index (χ1) is 8.41. The van der Waals surface area contributed by atoms with E-state index in [0.717, 1.165) is 31.0 Å². The van der Waals surface area contributed by atoms with Gasteiger partial charge in [-0.3, -0.25) is 0 Å². The summed E-state index contributed by atoms with van der Waals surface area (Å²) in [7, 11) is 4.15. The lowest BCUT2D eigenvalue weighted by Gasteiger charge is -2.28. The van der Waals surface area contributed by atoms with Gasteiger partial charge in [-0.2, -0.15) is 0 Å². The highest BCUT2D eigenvalue weighted by Gasteiger charge is 2.14. The van der Waals surface area contributed by atoms with Crippen molar-refractivity contribution in [1.82, 2.24) is 14.9 Å². The van der Waals surface area contributed by atoms with E-state index < -0.39 is 0 Å². The Kier molecular flexibility index (Phi) is 5.82. The summed E-state index contributed by atoms with van der Waals surface area (Å²) in [6.07, 6.45) is 1.54. The normalized spacial score (nSPS) is 11.3. The van der Waals surface area contributed by atoms with Crippen molar-refractivity contribution in [3.63, 3.8) is 0 Å². The third-order valence-electron chi connectivity index (χ3n) is 2.70. The molecule has 0 radical (unpaired) electrons. The Bertz CT molecular complexity index is 379. The molecule has 0 amide bonds. The molecule has 1 rings (SSSR count). The van der Waals surface area contributed by atoms with E-state index in [1.165, 1.54) is 6.33 Å². The monoisotopic (exact) mass is 270 g/mol. The largest absolute Gasteiger partial charge is 0.355 e. The molecule has 0 aliphatic rings. The molecule has 0 atom stereocenters. The van der Waals surface area contributed by atoms with E-state index in [0.29, 0.717) is 11.1 Å². The maximum Gasteiger partial charge on any atom is 0.137 e. The van der Waals surface area contributed by atoms with Crippen LogP contribution in [0.4, 0.5) is 5.82 Å². The molecule has 0 aliphatic carbocycles. The maximum atomic E-state index is 6.07. The molecule has 5 heteroatoms. The number of halogens is 1. The van der Waals surface area contributed by atoms with E-state index in [2.05, 4.69) is 47.7 Å². The zero-order valence-electron chi connectivity index (χ0n) is 11.9. The van der Waals surface area contributed by atoms with Crippen molar-refractivity contribution >= 4 is 17.4 Å². The minimum atomic E-state index is 0.540. The second-order valence-corrected chi connectivity index (χ2v) is 5.61. The highest BCUT2D eigenvalue weighted by Crippen LogP contribution is 2.22. The molecule has 0 saturated carbocycles. The molecule has 4 nitrogen and oxygen atoms in total. The van der Waals surface area contributed by atoms with Crippen LogP contribution in [0.5, 0.6) is 0 Å². The Labute approximate surface area is 115 Å². The molecule has 102 valence electrons. The van der Waals surface area contributed by atoms with Crippen molar-refractivity contribution in [2.24, 2.45) is 5.92 Å². The second kappa shape index (κ2) is 6.90. The lowest BCUT2D eigenvalue weighted by atomic mass is 10.2. The van der Waals surface area contributed by atoms with Crippen molar-refractivity contribution in [2.75, 3.05) is 38.6 Å². The van der Waals surface area contributed by atoms with Crippen LogP contribution in [0.3, 0.4) is 0 Å². The SMILES string of the molecule is Cc1c(Cl)ncnc1N(CCN(C)C)CC(C)C. The Hall–Kier alpha value is -0.870. The van der Waals surface area contributed by atoms with Crippen LogP contribution < -0.4 is 4.90 Å². The molecule has 0 spiro atoms. The average Bonchev–Trinajstić information content (AvgIpc) is 2.27. The highest BCUT2D eigenvalue weighted by atomic mass is 35.5. The molecular formula is C13H23ClN4. The van der Waals surface area contributed by atoms with Crippen molar-refractivity contribution in [2.45, 2.75) is 20.8 Å². The van der Waals surface area contributed by atoms with Gasteiger partial charge in [0.25, 0.3) is 0 Å². The molecule has 0 unspecified atom stereocenters. The van der Waals surface area contributed by atoms with Crippen molar-refractivity contribution < 1.29 is 0 Å². The number of aromatic nitrogens is 2. The maximum absolute atomic E-state index is 6.07. The minimum absolute atomic E-state index is 0.540. The topological polar surface area (TPSA) is 32.3 Å². The molecule has 1 heterocycles. The van der Waals surface area contributed by atoms with Crippen LogP contribution in [-0.2, 0) is 0 Å². The molecule has 1 aromatic heterocycles. The smallest absolute Gasteiger partial charge is 0.137 e. The van der Waals surface area contributed by atoms with Crippen LogP contribution in [0.1, 0.15) is 19.4 Å². The molecule has 0 saturated heterocycles. The van der Waals surface area contributed by atoms with Gasteiger partial charge in [0.2, 0.25) is 0 Å². The Morgan fingerprint density at radius 2 is 1.89 bits per heavy atom. The predicted molar refractivity (Wildman–Crippen MR) is 77.4 cm³/mol. The molecule has 0 N–H and O–H groups in total. The van der Waals surface area contributed by atoms with Crippen LogP contribution in [0.15, 0.2) is 6.33 Å². The van der Waals surface area contributed by atoms with E-state index >= 15 is 0 Å². The summed E-state index contributed by atoms with van der Waals surface area (Å²) in [5, 5.41) is 0.540. The van der Waals surface area contributed by atoms with Gasteiger partial charge < -0.3 is 9.80 Å². The fourth-order valence-corrected chi connectivity index (χ4v) is 1.91. The second-order valence-electron chi connectivity index (χ2n) is 5.26. The molecule has 0 fully saturated rings. The van der Waals surface area contributed by atoms with E-state index in [-0.39, 0.29) is 0 Å². The van der Waals surface area contributed by atoms with Gasteiger partial charge in [0.05, 0.1) is 0 Å². The Morgan fingerprint density at radius 1 is 1.22 bits per heavy atom. The summed E-state index contributed by atoms with van der Waals surface area (Å²) < 4.78 is 0. The van der Waals surface area contributed by atoms with E-state index in [4.69, 9.17) is 11.6 Å². The average molecular weight is 271 g/mol. The first-order valence-electron chi connectivity index (χ1n) is 6.28. The summed E-state index contributed by atoms with van der Waals surface area (Å²) in [6, 6.07) is 0. The van der Waals surface area contributed by atoms with Gasteiger partial charge in [-0.25, -0.2) is 9.97 Å². The molecule has 0 bridgehead atoms. The number of rotatable bonds is 6. The molecule has 0 aromatic carbocycles. The minimum Gasteiger partial charge on any atom is -0.355 e. The summed E-state index contributed by atoms with van der Waals surface area (Å²) in [5.41, 5.74) is 0.957. The first kappa shape index (κ1) is 15.2. The van der Waals surface area contributed by atoms with Gasteiger partial charge >= 0.3 is 0 Å². The van der Waals surface area contributed by atoms with E-state index in [1.54, 1.807) is 0 Å². The fraction of sp³-hybridized carbons (Fsp3) is 0.692. The Balaban J connectivity index is 2.90. The van der Waals surface area contributed by atoms with Crippen molar-refractivity contribution in [3.05, 3.63) is 17.0 Å². The zero-order chi connectivity index (χ0) is 13.7. The predicted octanol–water partition coefficient (Wildman–Crippen LogP) is 2.46. The van der Waals surface area contributed by atoms with Crippen LogP contribution >= 0.6 is 11.6 Å². The summed E-state index contributed by atoms with van der Waals surface area (Å²) >= 11 is 6.07. The van der Waals surface area contributed by atoms with Crippen LogP contribution in [0.25, 0.3) is 0 Å². The van der Waals surface area contributed by atoms with Gasteiger partial charge in [-0.05, 0) is 26.9 Å². The Morgan fingerprint density at radius 3 is 2.44 bits per heavy atom. The third-order valence-corrected chi connectivity index (χ3v) is 3.08. The van der Waals surface area contributed by atoms with Gasteiger partial charge in [0.1, 0.15) is 17.3 Å². The number of anilines is 1. The molecule has 18 heavy (non-hydrogen) atoms.